The lowest BCUT2D eigenvalue weighted by Gasteiger charge is -2.22. The maximum atomic E-state index is 13.7. The third-order valence-corrected chi connectivity index (χ3v) is 4.48. The fourth-order valence-electron chi connectivity index (χ4n) is 3.07. The first-order valence-corrected chi connectivity index (χ1v) is 9.25. The maximum Gasteiger partial charge on any atom is 0.254 e. The number of amides is 1. The topological polar surface area (TPSA) is 55.2 Å². The van der Waals surface area contributed by atoms with Crippen LogP contribution < -0.4 is 10.5 Å². The van der Waals surface area contributed by atoms with Gasteiger partial charge in [0.25, 0.3) is 5.56 Å². The number of likely N-dealkylation sites (N-methyl/N-ethyl adjacent to an activating group) is 1. The van der Waals surface area contributed by atoms with Crippen molar-refractivity contribution in [2.45, 2.75) is 26.8 Å². The summed E-state index contributed by atoms with van der Waals surface area (Å²) in [4.78, 5) is 31.8. The van der Waals surface area contributed by atoms with Crippen molar-refractivity contribution in [2.75, 3.05) is 11.4 Å². The number of aryl methyl sites for hydroxylation is 1. The van der Waals surface area contributed by atoms with E-state index in [1.165, 1.54) is 22.8 Å². The summed E-state index contributed by atoms with van der Waals surface area (Å²) in [6.45, 7) is 4.05. The summed E-state index contributed by atoms with van der Waals surface area (Å²) in [5.74, 6) is -0.369. The molecule has 2 aromatic carbocycles. The minimum absolute atomic E-state index is 0.176. The van der Waals surface area contributed by atoms with Gasteiger partial charge in [0.2, 0.25) is 5.91 Å². The molecule has 0 spiro atoms. The van der Waals surface area contributed by atoms with E-state index in [1.807, 2.05) is 44.2 Å². The summed E-state index contributed by atoms with van der Waals surface area (Å²) in [5, 5.41) is 0. The summed E-state index contributed by atoms with van der Waals surface area (Å²) in [6.07, 6.45) is 0.567. The molecule has 6 heteroatoms. The van der Waals surface area contributed by atoms with Crippen molar-refractivity contribution in [3.63, 3.8) is 0 Å². The number of nitrogens with zero attached hydrogens (tertiary/aromatic N) is 3. The summed E-state index contributed by atoms with van der Waals surface area (Å²) in [6, 6.07) is 16.6. The Labute approximate surface area is 163 Å². The highest BCUT2D eigenvalue weighted by molar-refractivity contribution is 5.93. The van der Waals surface area contributed by atoms with E-state index in [1.54, 1.807) is 17.0 Å². The number of anilines is 1. The zero-order chi connectivity index (χ0) is 20.1. The number of carbonyl (C=O) groups excluding carboxylic acids is 1. The van der Waals surface area contributed by atoms with Crippen molar-refractivity contribution in [1.29, 1.82) is 0 Å². The number of aromatic nitrogens is 2. The van der Waals surface area contributed by atoms with Gasteiger partial charge in [0, 0.05) is 29.6 Å². The lowest BCUT2D eigenvalue weighted by Crippen LogP contribution is -2.37. The van der Waals surface area contributed by atoms with Gasteiger partial charge in [-0.15, -0.1) is 0 Å². The molecule has 1 aromatic heterocycles. The van der Waals surface area contributed by atoms with Crippen molar-refractivity contribution < 1.29 is 9.18 Å². The zero-order valence-corrected chi connectivity index (χ0v) is 15.9. The monoisotopic (exact) mass is 379 g/mol. The van der Waals surface area contributed by atoms with Gasteiger partial charge in [-0.1, -0.05) is 37.3 Å². The van der Waals surface area contributed by atoms with E-state index in [0.29, 0.717) is 30.0 Å². The van der Waals surface area contributed by atoms with E-state index in [-0.39, 0.29) is 18.0 Å². The van der Waals surface area contributed by atoms with Gasteiger partial charge in [-0.3, -0.25) is 14.2 Å². The SMILES string of the molecule is CCc1cc(=O)n(CC(=O)N(CC)c2ccccc2)c(-c2cccc(F)c2)n1. The molecule has 0 saturated carbocycles. The van der Waals surface area contributed by atoms with Crippen LogP contribution >= 0.6 is 0 Å². The first-order chi connectivity index (χ1) is 13.5. The Morgan fingerprint density at radius 2 is 1.82 bits per heavy atom. The molecule has 0 atom stereocenters. The van der Waals surface area contributed by atoms with Gasteiger partial charge in [0.1, 0.15) is 18.2 Å². The van der Waals surface area contributed by atoms with Crippen LogP contribution in [0.25, 0.3) is 11.4 Å². The smallest absolute Gasteiger partial charge is 0.254 e. The Morgan fingerprint density at radius 1 is 1.07 bits per heavy atom. The van der Waals surface area contributed by atoms with Crippen LogP contribution in [0.2, 0.25) is 0 Å². The predicted octanol–water partition coefficient (Wildman–Crippen LogP) is 3.66. The average molecular weight is 379 g/mol. The first kappa shape index (κ1) is 19.5. The Morgan fingerprint density at radius 3 is 2.46 bits per heavy atom. The normalized spacial score (nSPS) is 10.7. The Hall–Kier alpha value is -3.28. The third-order valence-electron chi connectivity index (χ3n) is 4.48. The number of para-hydroxylation sites is 1. The fourth-order valence-corrected chi connectivity index (χ4v) is 3.07. The summed E-state index contributed by atoms with van der Waals surface area (Å²) < 4.78 is 15.1. The molecule has 3 rings (SSSR count). The van der Waals surface area contributed by atoms with E-state index in [9.17, 15) is 14.0 Å². The van der Waals surface area contributed by atoms with Crippen LogP contribution in [0.1, 0.15) is 19.5 Å². The van der Waals surface area contributed by atoms with Crippen LogP contribution in [0.5, 0.6) is 0 Å². The first-order valence-electron chi connectivity index (χ1n) is 9.25. The molecule has 0 fully saturated rings. The van der Waals surface area contributed by atoms with Crippen LogP contribution in [-0.2, 0) is 17.8 Å². The number of hydrogen-bond acceptors (Lipinski definition) is 3. The fraction of sp³-hybridized carbons (Fsp3) is 0.227. The van der Waals surface area contributed by atoms with Crippen LogP contribution in [0.3, 0.4) is 0 Å². The lowest BCUT2D eigenvalue weighted by atomic mass is 10.2. The van der Waals surface area contributed by atoms with Crippen molar-refractivity contribution in [3.8, 4) is 11.4 Å². The van der Waals surface area contributed by atoms with Crippen LogP contribution in [0, 0.1) is 5.82 Å². The molecule has 0 radical (unpaired) electrons. The number of carbonyl (C=O) groups is 1. The molecule has 0 bridgehead atoms. The van der Waals surface area contributed by atoms with Gasteiger partial charge in [-0.05, 0) is 37.6 Å². The molecule has 0 aliphatic rings. The number of rotatable bonds is 6. The van der Waals surface area contributed by atoms with Gasteiger partial charge >= 0.3 is 0 Å². The molecule has 3 aromatic rings. The molecule has 1 heterocycles. The van der Waals surface area contributed by atoms with Gasteiger partial charge in [0.15, 0.2) is 0 Å². The molecule has 5 nitrogen and oxygen atoms in total. The standard InChI is InChI=1S/C22H22FN3O2/c1-3-18-14-20(27)26(22(24-18)16-9-8-10-17(23)13-16)15-21(28)25(4-2)19-11-6-5-7-12-19/h5-14H,3-4,15H2,1-2H3. The van der Waals surface area contributed by atoms with E-state index < -0.39 is 5.82 Å². The number of hydrogen-bond donors (Lipinski definition) is 0. The molecule has 28 heavy (non-hydrogen) atoms. The molecule has 0 unspecified atom stereocenters. The Bertz CT molecular complexity index is 1030. The zero-order valence-electron chi connectivity index (χ0n) is 15.9. The van der Waals surface area contributed by atoms with Gasteiger partial charge in [0.05, 0.1) is 0 Å². The number of halogens is 1. The molecular weight excluding hydrogens is 357 g/mol. The van der Waals surface area contributed by atoms with Gasteiger partial charge in [-0.25, -0.2) is 9.37 Å². The third kappa shape index (κ3) is 4.17. The van der Waals surface area contributed by atoms with Crippen molar-refractivity contribution in [2.24, 2.45) is 0 Å². The predicted molar refractivity (Wildman–Crippen MR) is 108 cm³/mol. The van der Waals surface area contributed by atoms with Gasteiger partial charge < -0.3 is 4.90 Å². The second kappa shape index (κ2) is 8.61. The highest BCUT2D eigenvalue weighted by Crippen LogP contribution is 2.19. The van der Waals surface area contributed by atoms with Crippen LogP contribution in [0.4, 0.5) is 10.1 Å². The van der Waals surface area contributed by atoms with E-state index in [0.717, 1.165) is 5.69 Å². The van der Waals surface area contributed by atoms with E-state index in [2.05, 4.69) is 4.98 Å². The molecule has 1 amide bonds. The lowest BCUT2D eigenvalue weighted by molar-refractivity contribution is -0.119. The van der Waals surface area contributed by atoms with Crippen molar-refractivity contribution in [1.82, 2.24) is 9.55 Å². The second-order valence-corrected chi connectivity index (χ2v) is 6.33. The molecule has 0 N–H and O–H groups in total. The summed E-state index contributed by atoms with van der Waals surface area (Å²) >= 11 is 0. The Kier molecular flexibility index (Phi) is 5.99. The maximum absolute atomic E-state index is 13.7. The molecule has 0 saturated heterocycles. The average Bonchev–Trinajstić information content (AvgIpc) is 2.70. The highest BCUT2D eigenvalue weighted by atomic mass is 19.1. The molecule has 144 valence electrons. The highest BCUT2D eigenvalue weighted by Gasteiger charge is 2.18. The van der Waals surface area contributed by atoms with E-state index >= 15 is 0 Å². The number of benzene rings is 2. The van der Waals surface area contributed by atoms with Crippen molar-refractivity contribution >= 4 is 11.6 Å². The van der Waals surface area contributed by atoms with Crippen LogP contribution in [-0.4, -0.2) is 22.0 Å². The molecule has 0 aliphatic carbocycles. The van der Waals surface area contributed by atoms with Crippen LogP contribution in [0.15, 0.2) is 65.5 Å². The van der Waals surface area contributed by atoms with Gasteiger partial charge in [-0.2, -0.15) is 0 Å². The quantitative estimate of drug-likeness (QED) is 0.657. The molecule has 0 aliphatic heterocycles. The summed E-state index contributed by atoms with van der Waals surface area (Å²) in [7, 11) is 0. The minimum atomic E-state index is -0.425. The second-order valence-electron chi connectivity index (χ2n) is 6.33. The van der Waals surface area contributed by atoms with E-state index in [4.69, 9.17) is 0 Å². The molecular formula is C22H22FN3O2. The van der Waals surface area contributed by atoms with Crippen molar-refractivity contribution in [3.05, 3.63) is 82.5 Å². The minimum Gasteiger partial charge on any atom is -0.311 e. The summed E-state index contributed by atoms with van der Waals surface area (Å²) in [5.41, 5.74) is 1.49. The Balaban J connectivity index is 2.03. The largest absolute Gasteiger partial charge is 0.311 e.